The molecule has 0 fully saturated rings. The van der Waals surface area contributed by atoms with Crippen LogP contribution in [0.5, 0.6) is 5.75 Å². The molecule has 0 spiro atoms. The van der Waals surface area contributed by atoms with Crippen molar-refractivity contribution >= 4 is 17.7 Å². The molecule has 2 rings (SSSR count). The van der Waals surface area contributed by atoms with Gasteiger partial charge in [0.15, 0.2) is 5.82 Å². The molecular formula is C16H23N5O2S. The molecule has 0 unspecified atom stereocenters. The lowest BCUT2D eigenvalue weighted by Gasteiger charge is -2.10. The maximum absolute atomic E-state index is 11.8. The quantitative estimate of drug-likeness (QED) is 0.559. The number of nitrogens with one attached hydrogen (secondary N) is 1. The van der Waals surface area contributed by atoms with Gasteiger partial charge in [0, 0.05) is 11.6 Å². The van der Waals surface area contributed by atoms with Crippen molar-refractivity contribution < 1.29 is 9.53 Å². The van der Waals surface area contributed by atoms with Crippen LogP contribution in [0.15, 0.2) is 29.4 Å². The second-order valence-corrected chi connectivity index (χ2v) is 6.24. The predicted octanol–water partition coefficient (Wildman–Crippen LogP) is 2.06. The third kappa shape index (κ3) is 4.64. The summed E-state index contributed by atoms with van der Waals surface area (Å²) in [6, 6.07) is 7.64. The Labute approximate surface area is 145 Å². The number of aromatic nitrogens is 3. The van der Waals surface area contributed by atoms with E-state index in [4.69, 9.17) is 10.6 Å². The topological polar surface area (TPSA) is 95.1 Å². The van der Waals surface area contributed by atoms with E-state index < -0.39 is 0 Å². The van der Waals surface area contributed by atoms with E-state index in [0.29, 0.717) is 17.6 Å². The molecule has 3 N–H and O–H groups in total. The molecular weight excluding hydrogens is 326 g/mol. The summed E-state index contributed by atoms with van der Waals surface area (Å²) in [5.41, 5.74) is 0.837. The summed E-state index contributed by atoms with van der Waals surface area (Å²) in [6.07, 6.45) is 0.894. The van der Waals surface area contributed by atoms with E-state index in [2.05, 4.69) is 15.5 Å². The minimum absolute atomic E-state index is 0.0417. The van der Waals surface area contributed by atoms with Gasteiger partial charge in [-0.2, -0.15) is 0 Å². The maximum Gasteiger partial charge on any atom is 0.230 e. The maximum atomic E-state index is 11.8. The second-order valence-electron chi connectivity index (χ2n) is 5.30. The molecule has 0 radical (unpaired) electrons. The van der Waals surface area contributed by atoms with Gasteiger partial charge in [-0.3, -0.25) is 4.79 Å². The number of carbonyl (C=O) groups is 1. The van der Waals surface area contributed by atoms with E-state index in [-0.39, 0.29) is 17.7 Å². The number of carbonyl (C=O) groups excluding carboxylic acids is 1. The molecule has 0 aliphatic carbocycles. The fourth-order valence-corrected chi connectivity index (χ4v) is 2.66. The number of benzene rings is 1. The Bertz CT molecular complexity index is 672. The molecule has 1 atom stereocenters. The van der Waals surface area contributed by atoms with Gasteiger partial charge in [-0.1, -0.05) is 18.7 Å². The summed E-state index contributed by atoms with van der Waals surface area (Å²) in [5.74, 6) is 7.60. The van der Waals surface area contributed by atoms with Crippen LogP contribution in [0.2, 0.25) is 0 Å². The highest BCUT2D eigenvalue weighted by Gasteiger charge is 2.14. The van der Waals surface area contributed by atoms with Crippen molar-refractivity contribution in [3.05, 3.63) is 24.3 Å². The molecule has 1 amide bonds. The van der Waals surface area contributed by atoms with Gasteiger partial charge in [0.2, 0.25) is 11.1 Å². The number of nitrogens with zero attached hydrogens (tertiary/aromatic N) is 3. The monoisotopic (exact) mass is 349 g/mol. The van der Waals surface area contributed by atoms with Crippen LogP contribution in [0.25, 0.3) is 11.4 Å². The minimum atomic E-state index is -0.0417. The number of hydrogen-bond donors (Lipinski definition) is 2. The van der Waals surface area contributed by atoms with Crippen molar-refractivity contribution in [3.63, 3.8) is 0 Å². The number of thioether (sulfide) groups is 1. The molecule has 24 heavy (non-hydrogen) atoms. The first-order valence-electron chi connectivity index (χ1n) is 7.91. The van der Waals surface area contributed by atoms with Crippen LogP contribution in [-0.4, -0.2) is 39.2 Å². The highest BCUT2D eigenvalue weighted by atomic mass is 32.2. The van der Waals surface area contributed by atoms with E-state index >= 15 is 0 Å². The lowest BCUT2D eigenvalue weighted by atomic mass is 10.2. The van der Waals surface area contributed by atoms with Crippen molar-refractivity contribution in [3.8, 4) is 17.1 Å². The lowest BCUT2D eigenvalue weighted by molar-refractivity contribution is -0.119. The number of hydrogen-bond acceptors (Lipinski definition) is 6. The van der Waals surface area contributed by atoms with Crippen molar-refractivity contribution in [2.45, 2.75) is 38.4 Å². The standard InChI is InChI=1S/C16H23N5O2S/c1-4-11(3)18-14(22)10-24-16-20-19-15(21(16)17)12-6-8-13(9-7-12)23-5-2/h6-9,11H,4-5,10,17H2,1-3H3,(H,18,22)/t11-/m1/s1. The Hall–Kier alpha value is -2.22. The van der Waals surface area contributed by atoms with Crippen molar-refractivity contribution in [2.75, 3.05) is 18.2 Å². The van der Waals surface area contributed by atoms with Gasteiger partial charge in [-0.15, -0.1) is 10.2 Å². The average Bonchev–Trinajstić information content (AvgIpc) is 2.94. The van der Waals surface area contributed by atoms with E-state index in [1.54, 1.807) is 0 Å². The molecule has 8 heteroatoms. The predicted molar refractivity (Wildman–Crippen MR) is 95.4 cm³/mol. The Morgan fingerprint density at radius 2 is 2.04 bits per heavy atom. The molecule has 2 aromatic rings. The minimum Gasteiger partial charge on any atom is -0.494 e. The average molecular weight is 349 g/mol. The summed E-state index contributed by atoms with van der Waals surface area (Å²) in [4.78, 5) is 11.8. The Morgan fingerprint density at radius 1 is 1.33 bits per heavy atom. The fraction of sp³-hybridized carbons (Fsp3) is 0.438. The van der Waals surface area contributed by atoms with E-state index in [0.717, 1.165) is 17.7 Å². The van der Waals surface area contributed by atoms with Gasteiger partial charge in [0.05, 0.1) is 12.4 Å². The first-order valence-corrected chi connectivity index (χ1v) is 8.89. The summed E-state index contributed by atoms with van der Waals surface area (Å²) in [5, 5.41) is 11.6. The normalized spacial score (nSPS) is 12.0. The molecule has 130 valence electrons. The zero-order valence-corrected chi connectivity index (χ0v) is 15.0. The molecule has 7 nitrogen and oxygen atoms in total. The van der Waals surface area contributed by atoms with E-state index in [9.17, 15) is 4.79 Å². The number of nitrogens with two attached hydrogens (primary N) is 1. The van der Waals surface area contributed by atoms with Crippen molar-refractivity contribution in [1.82, 2.24) is 20.2 Å². The molecule has 0 aliphatic heterocycles. The van der Waals surface area contributed by atoms with Crippen LogP contribution in [0, 0.1) is 0 Å². The van der Waals surface area contributed by atoms with Crippen LogP contribution in [-0.2, 0) is 4.79 Å². The van der Waals surface area contributed by atoms with Gasteiger partial charge >= 0.3 is 0 Å². The summed E-state index contributed by atoms with van der Waals surface area (Å²) in [6.45, 7) is 6.55. The molecule has 0 saturated carbocycles. The first-order chi connectivity index (χ1) is 11.5. The van der Waals surface area contributed by atoms with Crippen LogP contribution >= 0.6 is 11.8 Å². The van der Waals surface area contributed by atoms with Crippen LogP contribution in [0.4, 0.5) is 0 Å². The van der Waals surface area contributed by atoms with Gasteiger partial charge in [0.25, 0.3) is 0 Å². The third-order valence-electron chi connectivity index (χ3n) is 3.44. The highest BCUT2D eigenvalue weighted by molar-refractivity contribution is 7.99. The SMILES string of the molecule is CCOc1ccc(-c2nnc(SCC(=O)N[C@H](C)CC)n2N)cc1. The van der Waals surface area contributed by atoms with Gasteiger partial charge in [0.1, 0.15) is 5.75 Å². The summed E-state index contributed by atoms with van der Waals surface area (Å²) < 4.78 is 6.81. The fourth-order valence-electron chi connectivity index (χ4n) is 1.99. The molecule has 1 heterocycles. The van der Waals surface area contributed by atoms with Gasteiger partial charge < -0.3 is 15.9 Å². The lowest BCUT2D eigenvalue weighted by Crippen LogP contribution is -2.33. The van der Waals surface area contributed by atoms with Gasteiger partial charge in [-0.05, 0) is 44.5 Å². The van der Waals surface area contributed by atoms with Crippen LogP contribution in [0.1, 0.15) is 27.2 Å². The zero-order valence-electron chi connectivity index (χ0n) is 14.2. The largest absolute Gasteiger partial charge is 0.494 e. The highest BCUT2D eigenvalue weighted by Crippen LogP contribution is 2.23. The Balaban J connectivity index is 2.01. The van der Waals surface area contributed by atoms with E-state index in [1.807, 2.05) is 45.0 Å². The van der Waals surface area contributed by atoms with Gasteiger partial charge in [-0.25, -0.2) is 4.68 Å². The first kappa shape index (κ1) is 18.1. The van der Waals surface area contributed by atoms with Crippen LogP contribution in [0.3, 0.4) is 0 Å². The second kappa shape index (κ2) is 8.58. The molecule has 1 aromatic heterocycles. The number of amides is 1. The van der Waals surface area contributed by atoms with Crippen molar-refractivity contribution in [1.29, 1.82) is 0 Å². The number of rotatable bonds is 8. The van der Waals surface area contributed by atoms with Crippen LogP contribution < -0.4 is 15.9 Å². The molecule has 1 aromatic carbocycles. The Kier molecular flexibility index (Phi) is 6.48. The molecule has 0 aliphatic rings. The summed E-state index contributed by atoms with van der Waals surface area (Å²) in [7, 11) is 0. The van der Waals surface area contributed by atoms with E-state index in [1.165, 1.54) is 16.4 Å². The number of nitrogen functional groups attached to an aromatic ring is 1. The Morgan fingerprint density at radius 3 is 2.67 bits per heavy atom. The smallest absolute Gasteiger partial charge is 0.230 e. The third-order valence-corrected chi connectivity index (χ3v) is 4.38. The summed E-state index contributed by atoms with van der Waals surface area (Å²) >= 11 is 1.26. The van der Waals surface area contributed by atoms with Crippen molar-refractivity contribution in [2.24, 2.45) is 0 Å². The molecule has 0 bridgehead atoms. The number of ether oxygens (including phenoxy) is 1. The molecule has 0 saturated heterocycles. The zero-order chi connectivity index (χ0) is 17.5.